The molecule has 0 saturated carbocycles. The Morgan fingerprint density at radius 3 is 1.61 bits per heavy atom. The highest BCUT2D eigenvalue weighted by Gasteiger charge is 2.11. The van der Waals surface area contributed by atoms with Crippen molar-refractivity contribution in [2.24, 2.45) is 0 Å². The number of para-hydroxylation sites is 4. The molecule has 0 amide bonds. The maximum Gasteiger partial charge on any atom is 0.172 e. The molecule has 0 spiro atoms. The first-order valence-corrected chi connectivity index (χ1v) is 7.08. The van der Waals surface area contributed by atoms with Crippen LogP contribution >= 0.6 is 0 Å². The Labute approximate surface area is 134 Å². The molecule has 0 atom stereocenters. The molecule has 0 aliphatic heterocycles. The minimum atomic E-state index is 0.464. The van der Waals surface area contributed by atoms with Crippen LogP contribution in [0.15, 0.2) is 66.7 Å². The summed E-state index contributed by atoms with van der Waals surface area (Å²) in [7, 11) is 0. The quantitative estimate of drug-likeness (QED) is 0.633. The Balaban J connectivity index is 1.95. The van der Waals surface area contributed by atoms with E-state index in [2.05, 4.69) is 0 Å². The van der Waals surface area contributed by atoms with Gasteiger partial charge < -0.3 is 26.7 Å². The van der Waals surface area contributed by atoms with Gasteiger partial charge in [-0.1, -0.05) is 24.3 Å². The molecule has 6 N–H and O–H groups in total. The Morgan fingerprint density at radius 2 is 1.04 bits per heavy atom. The molecule has 0 bridgehead atoms. The average Bonchev–Trinajstić information content (AvgIpc) is 2.54. The van der Waals surface area contributed by atoms with Gasteiger partial charge in [0.05, 0.1) is 11.4 Å². The lowest BCUT2D eigenvalue weighted by Gasteiger charge is -2.15. The van der Waals surface area contributed by atoms with E-state index in [0.29, 0.717) is 40.1 Å². The van der Waals surface area contributed by atoms with E-state index in [4.69, 9.17) is 26.7 Å². The summed E-state index contributed by atoms with van der Waals surface area (Å²) >= 11 is 0. The Bertz CT molecular complexity index is 834. The van der Waals surface area contributed by atoms with Crippen LogP contribution < -0.4 is 26.7 Å². The molecule has 0 aliphatic rings. The normalized spacial score (nSPS) is 10.3. The third-order valence-electron chi connectivity index (χ3n) is 3.25. The highest BCUT2D eigenvalue weighted by atomic mass is 16.5. The molecule has 0 aromatic heterocycles. The molecule has 5 heteroatoms. The van der Waals surface area contributed by atoms with Gasteiger partial charge in [0.25, 0.3) is 0 Å². The zero-order valence-corrected chi connectivity index (χ0v) is 12.4. The molecule has 116 valence electrons. The monoisotopic (exact) mass is 307 g/mol. The van der Waals surface area contributed by atoms with Crippen LogP contribution in [0.5, 0.6) is 23.0 Å². The van der Waals surface area contributed by atoms with Gasteiger partial charge in [-0.2, -0.15) is 0 Å². The highest BCUT2D eigenvalue weighted by Crippen LogP contribution is 2.39. The van der Waals surface area contributed by atoms with E-state index in [0.717, 1.165) is 0 Å². The number of benzene rings is 3. The summed E-state index contributed by atoms with van der Waals surface area (Å²) in [4.78, 5) is 0. The molecule has 23 heavy (non-hydrogen) atoms. The van der Waals surface area contributed by atoms with E-state index >= 15 is 0 Å². The number of ether oxygens (including phenoxy) is 2. The van der Waals surface area contributed by atoms with Crippen molar-refractivity contribution in [1.29, 1.82) is 0 Å². The average molecular weight is 307 g/mol. The van der Waals surface area contributed by atoms with Crippen molar-refractivity contribution in [3.8, 4) is 23.0 Å². The molecule has 3 rings (SSSR count). The number of rotatable bonds is 4. The van der Waals surface area contributed by atoms with E-state index in [1.165, 1.54) is 0 Å². The minimum absolute atomic E-state index is 0.464. The zero-order valence-electron chi connectivity index (χ0n) is 12.4. The number of nitrogen functional groups attached to an aromatic ring is 3. The van der Waals surface area contributed by atoms with Crippen LogP contribution in [-0.4, -0.2) is 0 Å². The summed E-state index contributed by atoms with van der Waals surface area (Å²) in [6, 6.07) is 19.6. The maximum absolute atomic E-state index is 5.92. The summed E-state index contributed by atoms with van der Waals surface area (Å²) < 4.78 is 11.7. The first kappa shape index (κ1) is 14.6. The third kappa shape index (κ3) is 3.29. The molecule has 0 unspecified atom stereocenters. The van der Waals surface area contributed by atoms with Gasteiger partial charge in [0.2, 0.25) is 0 Å². The second-order valence-electron chi connectivity index (χ2n) is 4.99. The number of hydrogen-bond donors (Lipinski definition) is 3. The second-order valence-corrected chi connectivity index (χ2v) is 4.99. The number of nitrogens with two attached hydrogens (primary N) is 3. The van der Waals surface area contributed by atoms with Crippen LogP contribution in [-0.2, 0) is 0 Å². The van der Waals surface area contributed by atoms with Gasteiger partial charge in [0, 0.05) is 11.8 Å². The number of anilines is 3. The molecule has 0 saturated heterocycles. The molecule has 0 aliphatic carbocycles. The summed E-state index contributed by atoms with van der Waals surface area (Å²) in [5.74, 6) is 2.04. The summed E-state index contributed by atoms with van der Waals surface area (Å²) in [5.41, 5.74) is 19.3. The molecule has 3 aromatic carbocycles. The fourth-order valence-corrected chi connectivity index (χ4v) is 2.07. The van der Waals surface area contributed by atoms with Gasteiger partial charge in [0.1, 0.15) is 0 Å². The first-order chi connectivity index (χ1) is 11.1. The molecule has 0 heterocycles. The van der Waals surface area contributed by atoms with Crippen molar-refractivity contribution in [3.05, 3.63) is 66.7 Å². The lowest BCUT2D eigenvalue weighted by atomic mass is 10.2. The van der Waals surface area contributed by atoms with Crippen molar-refractivity contribution in [3.63, 3.8) is 0 Å². The summed E-state index contributed by atoms with van der Waals surface area (Å²) in [6.45, 7) is 0. The summed E-state index contributed by atoms with van der Waals surface area (Å²) in [6.07, 6.45) is 0. The van der Waals surface area contributed by atoms with Crippen molar-refractivity contribution in [2.75, 3.05) is 17.2 Å². The van der Waals surface area contributed by atoms with Crippen LogP contribution in [0.4, 0.5) is 17.1 Å². The Hall–Kier alpha value is -3.34. The van der Waals surface area contributed by atoms with Crippen LogP contribution in [0.3, 0.4) is 0 Å². The van der Waals surface area contributed by atoms with E-state index in [1.807, 2.05) is 24.3 Å². The van der Waals surface area contributed by atoms with Crippen molar-refractivity contribution < 1.29 is 9.47 Å². The maximum atomic E-state index is 5.92. The molecular weight excluding hydrogens is 290 g/mol. The lowest BCUT2D eigenvalue weighted by molar-refractivity contribution is 0.421. The van der Waals surface area contributed by atoms with Gasteiger partial charge in [-0.25, -0.2) is 0 Å². The van der Waals surface area contributed by atoms with E-state index in [-0.39, 0.29) is 0 Å². The van der Waals surface area contributed by atoms with Crippen LogP contribution in [0.1, 0.15) is 0 Å². The standard InChI is InChI=1S/C18H17N3O2/c19-12-9-10-17(22-15-7-3-1-5-13(15)20)18(11-12)23-16-8-4-2-6-14(16)21/h1-11H,19-21H2. The Morgan fingerprint density at radius 1 is 0.522 bits per heavy atom. The molecule has 0 radical (unpaired) electrons. The fraction of sp³-hybridized carbons (Fsp3) is 0. The van der Waals surface area contributed by atoms with Crippen molar-refractivity contribution >= 4 is 17.1 Å². The van der Waals surface area contributed by atoms with Crippen LogP contribution in [0.25, 0.3) is 0 Å². The number of hydrogen-bond acceptors (Lipinski definition) is 5. The minimum Gasteiger partial charge on any atom is -0.451 e. The van der Waals surface area contributed by atoms with Gasteiger partial charge in [-0.15, -0.1) is 0 Å². The molecule has 0 fully saturated rings. The van der Waals surface area contributed by atoms with Gasteiger partial charge >= 0.3 is 0 Å². The topological polar surface area (TPSA) is 96.5 Å². The SMILES string of the molecule is Nc1ccc(Oc2ccccc2N)c(Oc2ccccc2N)c1. The van der Waals surface area contributed by atoms with Crippen molar-refractivity contribution in [2.45, 2.75) is 0 Å². The smallest absolute Gasteiger partial charge is 0.172 e. The van der Waals surface area contributed by atoms with Gasteiger partial charge in [-0.3, -0.25) is 0 Å². The zero-order chi connectivity index (χ0) is 16.2. The van der Waals surface area contributed by atoms with Crippen LogP contribution in [0, 0.1) is 0 Å². The van der Waals surface area contributed by atoms with E-state index in [1.54, 1.807) is 42.5 Å². The Kier molecular flexibility index (Phi) is 3.93. The molecule has 5 nitrogen and oxygen atoms in total. The highest BCUT2D eigenvalue weighted by molar-refractivity contribution is 5.60. The molecular formula is C18H17N3O2. The van der Waals surface area contributed by atoms with E-state index in [9.17, 15) is 0 Å². The van der Waals surface area contributed by atoms with Gasteiger partial charge in [-0.05, 0) is 36.4 Å². The third-order valence-corrected chi connectivity index (χ3v) is 3.25. The van der Waals surface area contributed by atoms with Crippen molar-refractivity contribution in [1.82, 2.24) is 0 Å². The second kappa shape index (κ2) is 6.19. The predicted molar refractivity (Wildman–Crippen MR) is 92.7 cm³/mol. The largest absolute Gasteiger partial charge is 0.451 e. The predicted octanol–water partition coefficient (Wildman–Crippen LogP) is 4.02. The first-order valence-electron chi connectivity index (χ1n) is 7.08. The summed E-state index contributed by atoms with van der Waals surface area (Å²) in [5, 5.41) is 0. The van der Waals surface area contributed by atoms with Gasteiger partial charge in [0.15, 0.2) is 23.0 Å². The van der Waals surface area contributed by atoms with Crippen LogP contribution in [0.2, 0.25) is 0 Å². The lowest BCUT2D eigenvalue weighted by Crippen LogP contribution is -1.97. The van der Waals surface area contributed by atoms with E-state index < -0.39 is 0 Å². The molecule has 3 aromatic rings. The fourth-order valence-electron chi connectivity index (χ4n) is 2.07.